The Balaban J connectivity index is 1.50. The number of nitrogens with one attached hydrogen (secondary N) is 1. The summed E-state index contributed by atoms with van der Waals surface area (Å²) in [6, 6.07) is 13.4. The highest BCUT2D eigenvalue weighted by Crippen LogP contribution is 2.23. The number of nitrogens with zero attached hydrogens (tertiary/aromatic N) is 2. The van der Waals surface area contributed by atoms with Crippen molar-refractivity contribution in [1.29, 1.82) is 0 Å². The number of halogens is 1. The van der Waals surface area contributed by atoms with Crippen molar-refractivity contribution < 1.29 is 17.6 Å². The molecular formula is C24H32FN3O3S. The Kier molecular flexibility index (Phi) is 8.39. The van der Waals surface area contributed by atoms with Gasteiger partial charge in [0.2, 0.25) is 15.9 Å². The number of anilines is 1. The van der Waals surface area contributed by atoms with Crippen LogP contribution in [0.2, 0.25) is 0 Å². The Morgan fingerprint density at radius 2 is 1.56 bits per heavy atom. The number of carbonyl (C=O) groups is 1. The van der Waals surface area contributed by atoms with Crippen molar-refractivity contribution in [2.75, 3.05) is 31.5 Å². The molecule has 2 aromatic rings. The summed E-state index contributed by atoms with van der Waals surface area (Å²) in [5.41, 5.74) is 2.51. The molecule has 0 atom stereocenters. The Labute approximate surface area is 190 Å². The molecule has 174 valence electrons. The summed E-state index contributed by atoms with van der Waals surface area (Å²) < 4.78 is 39.9. The van der Waals surface area contributed by atoms with E-state index >= 15 is 0 Å². The number of hydrogen-bond acceptors (Lipinski definition) is 4. The Bertz CT molecular complexity index is 982. The molecule has 1 saturated heterocycles. The predicted octanol–water partition coefficient (Wildman–Crippen LogP) is 3.85. The Hall–Kier alpha value is -2.29. The highest BCUT2D eigenvalue weighted by molar-refractivity contribution is 7.88. The molecule has 0 aromatic heterocycles. The molecule has 32 heavy (non-hydrogen) atoms. The SMILES string of the molecule is CCN(CC)Cc1ccc(NC(=O)C2CCN(S(=O)(=O)Cc3ccc(F)cc3)CC2)cc1. The van der Waals surface area contributed by atoms with Gasteiger partial charge in [0.05, 0.1) is 5.75 Å². The average molecular weight is 462 g/mol. The molecule has 0 aliphatic carbocycles. The molecule has 0 bridgehead atoms. The van der Waals surface area contributed by atoms with Crippen molar-refractivity contribution in [2.24, 2.45) is 5.92 Å². The van der Waals surface area contributed by atoms with Crippen LogP contribution in [0.5, 0.6) is 0 Å². The van der Waals surface area contributed by atoms with Gasteiger partial charge in [0, 0.05) is 31.2 Å². The molecular weight excluding hydrogens is 429 g/mol. The van der Waals surface area contributed by atoms with Crippen molar-refractivity contribution in [1.82, 2.24) is 9.21 Å². The summed E-state index contributed by atoms with van der Waals surface area (Å²) in [6.07, 6.45) is 0.961. The first kappa shape index (κ1) is 24.4. The number of amides is 1. The number of piperidine rings is 1. The van der Waals surface area contributed by atoms with Gasteiger partial charge in [0.15, 0.2) is 0 Å². The first-order valence-electron chi connectivity index (χ1n) is 11.1. The average Bonchev–Trinajstić information content (AvgIpc) is 2.80. The normalized spacial score (nSPS) is 15.8. The molecule has 3 rings (SSSR count). The number of sulfonamides is 1. The summed E-state index contributed by atoms with van der Waals surface area (Å²) in [7, 11) is -3.50. The highest BCUT2D eigenvalue weighted by Gasteiger charge is 2.31. The number of benzene rings is 2. The second-order valence-electron chi connectivity index (χ2n) is 8.20. The van der Waals surface area contributed by atoms with Crippen molar-refractivity contribution in [3.05, 3.63) is 65.5 Å². The van der Waals surface area contributed by atoms with Crippen molar-refractivity contribution in [3.63, 3.8) is 0 Å². The lowest BCUT2D eigenvalue weighted by Crippen LogP contribution is -2.41. The minimum atomic E-state index is -3.50. The van der Waals surface area contributed by atoms with Gasteiger partial charge in [0.1, 0.15) is 5.82 Å². The number of hydrogen-bond donors (Lipinski definition) is 1. The van der Waals surface area contributed by atoms with Crippen LogP contribution in [-0.2, 0) is 27.1 Å². The molecule has 0 spiro atoms. The van der Waals surface area contributed by atoms with Crippen LogP contribution in [0.15, 0.2) is 48.5 Å². The van der Waals surface area contributed by atoms with Crippen molar-refractivity contribution in [2.45, 2.75) is 39.0 Å². The summed E-state index contributed by atoms with van der Waals surface area (Å²) in [5, 5.41) is 2.96. The maximum absolute atomic E-state index is 13.0. The number of carbonyl (C=O) groups excluding carboxylic acids is 1. The quantitative estimate of drug-likeness (QED) is 0.616. The second-order valence-corrected chi connectivity index (χ2v) is 10.2. The van der Waals surface area contributed by atoms with Gasteiger partial charge in [-0.15, -0.1) is 0 Å². The maximum Gasteiger partial charge on any atom is 0.227 e. The molecule has 0 saturated carbocycles. The fraction of sp³-hybridized carbons (Fsp3) is 0.458. The van der Waals surface area contributed by atoms with Gasteiger partial charge < -0.3 is 5.32 Å². The molecule has 1 aliphatic rings. The summed E-state index contributed by atoms with van der Waals surface area (Å²) in [6.45, 7) is 7.76. The van der Waals surface area contributed by atoms with E-state index in [0.29, 0.717) is 31.5 Å². The van der Waals surface area contributed by atoms with E-state index in [-0.39, 0.29) is 17.6 Å². The van der Waals surface area contributed by atoms with Crippen LogP contribution < -0.4 is 5.32 Å². The van der Waals surface area contributed by atoms with E-state index in [0.717, 1.165) is 25.3 Å². The zero-order valence-corrected chi connectivity index (χ0v) is 19.6. The molecule has 1 N–H and O–H groups in total. The van der Waals surface area contributed by atoms with Crippen molar-refractivity contribution >= 4 is 21.6 Å². The van der Waals surface area contributed by atoms with Crippen LogP contribution in [-0.4, -0.2) is 49.7 Å². The monoisotopic (exact) mass is 461 g/mol. The maximum atomic E-state index is 13.0. The second kappa shape index (κ2) is 11.0. The molecule has 6 nitrogen and oxygen atoms in total. The number of rotatable bonds is 9. The van der Waals surface area contributed by atoms with E-state index < -0.39 is 15.8 Å². The first-order valence-corrected chi connectivity index (χ1v) is 12.8. The summed E-state index contributed by atoms with van der Waals surface area (Å²) in [5.74, 6) is -0.847. The van der Waals surface area contributed by atoms with Gasteiger partial charge in [-0.25, -0.2) is 17.1 Å². The lowest BCUT2D eigenvalue weighted by atomic mass is 9.97. The minimum absolute atomic E-state index is 0.0722. The van der Waals surface area contributed by atoms with Gasteiger partial charge in [0.25, 0.3) is 0 Å². The van der Waals surface area contributed by atoms with E-state index in [1.165, 1.54) is 34.1 Å². The molecule has 0 radical (unpaired) electrons. The van der Waals surface area contributed by atoms with Crippen molar-refractivity contribution in [3.8, 4) is 0 Å². The van der Waals surface area contributed by atoms with Crippen LogP contribution in [0.25, 0.3) is 0 Å². The predicted molar refractivity (Wildman–Crippen MR) is 125 cm³/mol. The first-order chi connectivity index (χ1) is 15.3. The molecule has 2 aromatic carbocycles. The third-order valence-corrected chi connectivity index (χ3v) is 7.85. The Morgan fingerprint density at radius 1 is 1.00 bits per heavy atom. The van der Waals surface area contributed by atoms with Crippen LogP contribution in [0.3, 0.4) is 0 Å². The summed E-state index contributed by atoms with van der Waals surface area (Å²) in [4.78, 5) is 15.0. The fourth-order valence-electron chi connectivity index (χ4n) is 3.92. The molecule has 8 heteroatoms. The van der Waals surface area contributed by atoms with Gasteiger partial charge in [-0.2, -0.15) is 0 Å². The lowest BCUT2D eigenvalue weighted by molar-refractivity contribution is -0.120. The topological polar surface area (TPSA) is 69.7 Å². The third-order valence-electron chi connectivity index (χ3n) is 6.00. The van der Waals surface area contributed by atoms with Crippen LogP contribution in [0.1, 0.15) is 37.8 Å². The van der Waals surface area contributed by atoms with E-state index in [1.54, 1.807) is 0 Å². The summed E-state index contributed by atoms with van der Waals surface area (Å²) >= 11 is 0. The smallest absolute Gasteiger partial charge is 0.227 e. The van der Waals surface area contributed by atoms with Gasteiger partial charge in [-0.1, -0.05) is 38.1 Å². The minimum Gasteiger partial charge on any atom is -0.326 e. The lowest BCUT2D eigenvalue weighted by Gasteiger charge is -2.30. The van der Waals surface area contributed by atoms with Gasteiger partial charge in [-0.3, -0.25) is 9.69 Å². The van der Waals surface area contributed by atoms with E-state index in [2.05, 4.69) is 24.1 Å². The van der Waals surface area contributed by atoms with Gasteiger partial charge in [-0.05, 0) is 61.3 Å². The zero-order valence-electron chi connectivity index (χ0n) is 18.8. The van der Waals surface area contributed by atoms with Crippen LogP contribution in [0, 0.1) is 11.7 Å². The molecule has 1 aliphatic heterocycles. The molecule has 1 heterocycles. The van der Waals surface area contributed by atoms with E-state index in [9.17, 15) is 17.6 Å². The van der Waals surface area contributed by atoms with E-state index in [4.69, 9.17) is 0 Å². The van der Waals surface area contributed by atoms with E-state index in [1.807, 2.05) is 24.3 Å². The Morgan fingerprint density at radius 3 is 2.12 bits per heavy atom. The zero-order chi connectivity index (χ0) is 23.1. The standard InChI is InChI=1S/C24H32FN3O3S/c1-3-27(4-2)17-19-7-11-23(12-8-19)26-24(29)21-13-15-28(16-14-21)32(30,31)18-20-5-9-22(25)10-6-20/h5-12,21H,3-4,13-18H2,1-2H3,(H,26,29). The molecule has 1 amide bonds. The third kappa shape index (κ3) is 6.60. The van der Waals surface area contributed by atoms with Crippen LogP contribution in [0.4, 0.5) is 10.1 Å². The fourth-order valence-corrected chi connectivity index (χ4v) is 5.49. The van der Waals surface area contributed by atoms with Gasteiger partial charge >= 0.3 is 0 Å². The highest BCUT2D eigenvalue weighted by atomic mass is 32.2. The largest absolute Gasteiger partial charge is 0.326 e. The molecule has 0 unspecified atom stereocenters. The molecule has 1 fully saturated rings. The van der Waals surface area contributed by atoms with Crippen LogP contribution >= 0.6 is 0 Å².